The van der Waals surface area contributed by atoms with E-state index in [0.29, 0.717) is 39.1 Å². The lowest BCUT2D eigenvalue weighted by Crippen LogP contribution is -2.49. The molecule has 1 N–H and O–H groups in total. The Morgan fingerprint density at radius 3 is 2.81 bits per heavy atom. The number of ether oxygens (including phenoxy) is 1. The Hall–Kier alpha value is -2.22. The zero-order chi connectivity index (χ0) is 19.0. The predicted molar refractivity (Wildman–Crippen MR) is 99.7 cm³/mol. The topological polar surface area (TPSA) is 71.8 Å². The number of hydrogen-bond donors (Lipinski definition) is 1. The molecular formula is C19H26FN5O2. The van der Waals surface area contributed by atoms with Crippen molar-refractivity contribution in [3.05, 3.63) is 23.5 Å². The molecule has 0 spiro atoms. The summed E-state index contributed by atoms with van der Waals surface area (Å²) in [7, 11) is 0. The van der Waals surface area contributed by atoms with Crippen LogP contribution in [0.3, 0.4) is 0 Å². The van der Waals surface area contributed by atoms with Crippen LogP contribution >= 0.6 is 0 Å². The maximum absolute atomic E-state index is 15.2. The van der Waals surface area contributed by atoms with Gasteiger partial charge in [0, 0.05) is 50.4 Å². The van der Waals surface area contributed by atoms with Crippen LogP contribution in [-0.4, -0.2) is 59.0 Å². The standard InChI is InChI=1S/C19H26FN5O2/c1-13-10-17(25-16(22-13)9-14(2)23-25)24-6-4-19(20,5-7-24)12-21-18(26)15-3-8-27-11-15/h9-10,15H,3-8,11-12H2,1-2H3,(H,21,26). The summed E-state index contributed by atoms with van der Waals surface area (Å²) < 4.78 is 22.3. The van der Waals surface area contributed by atoms with Crippen LogP contribution in [0.15, 0.2) is 12.1 Å². The Bertz CT molecular complexity index is 838. The molecule has 2 aromatic heterocycles. The van der Waals surface area contributed by atoms with E-state index >= 15 is 4.39 Å². The molecule has 1 unspecified atom stereocenters. The molecule has 1 amide bonds. The van der Waals surface area contributed by atoms with E-state index in [1.54, 1.807) is 0 Å². The number of amides is 1. The third kappa shape index (κ3) is 3.76. The Balaban J connectivity index is 1.40. The summed E-state index contributed by atoms with van der Waals surface area (Å²) in [6.45, 7) is 6.18. The number of alkyl halides is 1. The molecule has 27 heavy (non-hydrogen) atoms. The van der Waals surface area contributed by atoms with Crippen LogP contribution in [0, 0.1) is 19.8 Å². The number of rotatable bonds is 4. The Morgan fingerprint density at radius 1 is 1.33 bits per heavy atom. The highest BCUT2D eigenvalue weighted by molar-refractivity contribution is 5.79. The average molecular weight is 375 g/mol. The van der Waals surface area contributed by atoms with E-state index in [9.17, 15) is 4.79 Å². The number of anilines is 1. The van der Waals surface area contributed by atoms with Gasteiger partial charge in [-0.3, -0.25) is 4.79 Å². The molecule has 0 saturated carbocycles. The van der Waals surface area contributed by atoms with Crippen molar-refractivity contribution in [2.24, 2.45) is 5.92 Å². The van der Waals surface area contributed by atoms with Crippen molar-refractivity contribution >= 4 is 17.4 Å². The first-order valence-corrected chi connectivity index (χ1v) is 9.57. The molecule has 8 heteroatoms. The maximum Gasteiger partial charge on any atom is 0.225 e. The summed E-state index contributed by atoms with van der Waals surface area (Å²) in [5.74, 6) is 0.718. The normalized spacial score (nSPS) is 22.3. The van der Waals surface area contributed by atoms with Gasteiger partial charge in [0.05, 0.1) is 24.8 Å². The van der Waals surface area contributed by atoms with Gasteiger partial charge in [-0.15, -0.1) is 0 Å². The van der Waals surface area contributed by atoms with Crippen LogP contribution in [0.25, 0.3) is 5.65 Å². The van der Waals surface area contributed by atoms with Crippen LogP contribution in [0.2, 0.25) is 0 Å². The molecular weight excluding hydrogens is 349 g/mol. The van der Waals surface area contributed by atoms with Crippen LogP contribution < -0.4 is 10.2 Å². The number of fused-ring (bicyclic) bond motifs is 1. The van der Waals surface area contributed by atoms with Crippen molar-refractivity contribution in [1.29, 1.82) is 0 Å². The number of nitrogens with one attached hydrogen (secondary N) is 1. The fraction of sp³-hybridized carbons (Fsp3) is 0.632. The highest BCUT2D eigenvalue weighted by Gasteiger charge is 2.36. The summed E-state index contributed by atoms with van der Waals surface area (Å²) in [6.07, 6.45) is 1.47. The number of carbonyl (C=O) groups is 1. The van der Waals surface area contributed by atoms with Gasteiger partial charge < -0.3 is 15.0 Å². The Labute approximate surface area is 157 Å². The van der Waals surface area contributed by atoms with Crippen LogP contribution in [0.5, 0.6) is 0 Å². The number of hydrogen-bond acceptors (Lipinski definition) is 5. The van der Waals surface area contributed by atoms with Crippen molar-refractivity contribution < 1.29 is 13.9 Å². The van der Waals surface area contributed by atoms with Gasteiger partial charge in [0.25, 0.3) is 0 Å². The smallest absolute Gasteiger partial charge is 0.225 e. The molecule has 1 atom stereocenters. The Morgan fingerprint density at radius 2 is 2.11 bits per heavy atom. The first-order valence-electron chi connectivity index (χ1n) is 9.57. The van der Waals surface area contributed by atoms with Gasteiger partial charge in [-0.1, -0.05) is 0 Å². The third-order valence-corrected chi connectivity index (χ3v) is 5.52. The summed E-state index contributed by atoms with van der Waals surface area (Å²) in [4.78, 5) is 18.8. The minimum Gasteiger partial charge on any atom is -0.381 e. The molecule has 0 aliphatic carbocycles. The highest BCUT2D eigenvalue weighted by Crippen LogP contribution is 2.30. The minimum absolute atomic E-state index is 0.0713. The average Bonchev–Trinajstić information content (AvgIpc) is 3.29. The van der Waals surface area contributed by atoms with Crippen molar-refractivity contribution in [1.82, 2.24) is 19.9 Å². The molecule has 0 radical (unpaired) electrons. The van der Waals surface area contributed by atoms with Gasteiger partial charge >= 0.3 is 0 Å². The van der Waals surface area contributed by atoms with Crippen LogP contribution in [0.1, 0.15) is 30.7 Å². The van der Waals surface area contributed by atoms with Crippen molar-refractivity contribution in [3.8, 4) is 0 Å². The van der Waals surface area contributed by atoms with E-state index in [-0.39, 0.29) is 18.4 Å². The fourth-order valence-electron chi connectivity index (χ4n) is 3.86. The summed E-state index contributed by atoms with van der Waals surface area (Å²) in [5.41, 5.74) is 1.27. The van der Waals surface area contributed by atoms with Gasteiger partial charge in [0.15, 0.2) is 5.65 Å². The summed E-state index contributed by atoms with van der Waals surface area (Å²) >= 11 is 0. The second kappa shape index (κ2) is 7.07. The van der Waals surface area contributed by atoms with E-state index in [1.807, 2.05) is 30.5 Å². The SMILES string of the molecule is Cc1cc(N2CCC(F)(CNC(=O)C3CCOC3)CC2)n2nc(C)cc2n1. The predicted octanol–water partition coefficient (Wildman–Crippen LogP) is 1.81. The van der Waals surface area contributed by atoms with Gasteiger partial charge in [-0.05, 0) is 20.3 Å². The van der Waals surface area contributed by atoms with Crippen molar-refractivity contribution in [2.45, 2.75) is 38.8 Å². The van der Waals surface area contributed by atoms with E-state index in [0.717, 1.165) is 29.3 Å². The maximum atomic E-state index is 15.2. The number of carbonyl (C=O) groups excluding carboxylic acids is 1. The molecule has 2 saturated heterocycles. The lowest BCUT2D eigenvalue weighted by atomic mass is 9.93. The van der Waals surface area contributed by atoms with E-state index in [1.165, 1.54) is 0 Å². The highest BCUT2D eigenvalue weighted by atomic mass is 19.1. The molecule has 2 aromatic rings. The number of aryl methyl sites for hydroxylation is 2. The lowest BCUT2D eigenvalue weighted by molar-refractivity contribution is -0.125. The monoisotopic (exact) mass is 375 g/mol. The van der Waals surface area contributed by atoms with E-state index < -0.39 is 5.67 Å². The van der Waals surface area contributed by atoms with Crippen molar-refractivity contribution in [3.63, 3.8) is 0 Å². The molecule has 0 aromatic carbocycles. The molecule has 2 aliphatic rings. The van der Waals surface area contributed by atoms with Gasteiger partial charge in [0.2, 0.25) is 5.91 Å². The largest absolute Gasteiger partial charge is 0.381 e. The summed E-state index contributed by atoms with van der Waals surface area (Å²) in [5, 5.41) is 7.31. The zero-order valence-electron chi connectivity index (χ0n) is 15.9. The van der Waals surface area contributed by atoms with Crippen LogP contribution in [0.4, 0.5) is 10.2 Å². The number of piperidine rings is 1. The summed E-state index contributed by atoms with van der Waals surface area (Å²) in [6, 6.07) is 3.94. The number of aromatic nitrogens is 3. The van der Waals surface area contributed by atoms with E-state index in [4.69, 9.17) is 4.74 Å². The number of halogens is 1. The third-order valence-electron chi connectivity index (χ3n) is 5.52. The molecule has 0 bridgehead atoms. The number of nitrogens with zero attached hydrogens (tertiary/aromatic N) is 4. The first kappa shape index (κ1) is 18.2. The van der Waals surface area contributed by atoms with E-state index in [2.05, 4.69) is 20.3 Å². The Kier molecular flexibility index (Phi) is 4.75. The molecule has 4 heterocycles. The quantitative estimate of drug-likeness (QED) is 0.882. The van der Waals surface area contributed by atoms with Crippen molar-refractivity contribution in [2.75, 3.05) is 37.7 Å². The fourth-order valence-corrected chi connectivity index (χ4v) is 3.86. The molecule has 2 fully saturated rings. The lowest BCUT2D eigenvalue weighted by Gasteiger charge is -2.37. The minimum atomic E-state index is -1.37. The van der Waals surface area contributed by atoms with Gasteiger partial charge in [0.1, 0.15) is 11.5 Å². The second-order valence-electron chi connectivity index (χ2n) is 7.73. The van der Waals surface area contributed by atoms with Gasteiger partial charge in [-0.25, -0.2) is 9.37 Å². The van der Waals surface area contributed by atoms with Gasteiger partial charge in [-0.2, -0.15) is 9.61 Å². The molecule has 146 valence electrons. The molecule has 2 aliphatic heterocycles. The molecule has 4 rings (SSSR count). The molecule has 7 nitrogen and oxygen atoms in total. The first-order chi connectivity index (χ1) is 12.9. The van der Waals surface area contributed by atoms with Crippen LogP contribution in [-0.2, 0) is 9.53 Å². The second-order valence-corrected chi connectivity index (χ2v) is 7.73. The zero-order valence-corrected chi connectivity index (χ0v) is 15.9.